The first-order valence-electron chi connectivity index (χ1n) is 7.26. The van der Waals surface area contributed by atoms with Gasteiger partial charge in [-0.25, -0.2) is 9.18 Å². The summed E-state index contributed by atoms with van der Waals surface area (Å²) in [5.41, 5.74) is -0.524. The van der Waals surface area contributed by atoms with Crippen molar-refractivity contribution in [2.75, 3.05) is 19.6 Å². The molecule has 1 aliphatic heterocycles. The maximum absolute atomic E-state index is 13.2. The maximum atomic E-state index is 13.2. The van der Waals surface area contributed by atoms with Gasteiger partial charge in [-0.15, -0.1) is 0 Å². The first kappa shape index (κ1) is 14.0. The van der Waals surface area contributed by atoms with Crippen LogP contribution in [0.3, 0.4) is 0 Å². The quantitative estimate of drug-likeness (QED) is 0.912. The van der Waals surface area contributed by atoms with E-state index in [9.17, 15) is 14.0 Å². The van der Waals surface area contributed by atoms with Crippen LogP contribution >= 0.6 is 0 Å². The molecule has 1 saturated heterocycles. The minimum Gasteiger partial charge on any atom is -0.307 e. The fourth-order valence-electron chi connectivity index (χ4n) is 3.03. The molecule has 21 heavy (non-hydrogen) atoms. The summed E-state index contributed by atoms with van der Waals surface area (Å²) in [6.07, 6.45) is 1.56. The zero-order valence-electron chi connectivity index (χ0n) is 11.9. The van der Waals surface area contributed by atoms with Gasteiger partial charge in [0.25, 0.3) is 5.56 Å². The molecule has 1 aromatic heterocycles. The monoisotopic (exact) mass is 291 g/mol. The lowest BCUT2D eigenvalue weighted by Gasteiger charge is -2.31. The molecule has 112 valence electrons. The van der Waals surface area contributed by atoms with Crippen molar-refractivity contribution in [1.82, 2.24) is 14.5 Å². The Kier molecular flexibility index (Phi) is 3.63. The Bertz CT molecular complexity index is 773. The highest BCUT2D eigenvalue weighted by molar-refractivity contribution is 5.77. The average molecular weight is 291 g/mol. The molecule has 1 aromatic carbocycles. The van der Waals surface area contributed by atoms with E-state index in [4.69, 9.17) is 0 Å². The second-order valence-electron chi connectivity index (χ2n) is 5.46. The molecule has 6 heteroatoms. The van der Waals surface area contributed by atoms with Gasteiger partial charge in [-0.3, -0.25) is 9.36 Å². The van der Waals surface area contributed by atoms with Crippen LogP contribution in [-0.2, 0) is 0 Å². The van der Waals surface area contributed by atoms with Gasteiger partial charge < -0.3 is 9.88 Å². The van der Waals surface area contributed by atoms with Crippen LogP contribution in [-0.4, -0.2) is 34.1 Å². The van der Waals surface area contributed by atoms with Gasteiger partial charge in [0.1, 0.15) is 5.82 Å². The van der Waals surface area contributed by atoms with Gasteiger partial charge in [-0.05, 0) is 37.6 Å². The van der Waals surface area contributed by atoms with Gasteiger partial charge in [0, 0.05) is 19.1 Å². The van der Waals surface area contributed by atoms with Gasteiger partial charge in [0.2, 0.25) is 0 Å². The van der Waals surface area contributed by atoms with E-state index in [1.165, 1.54) is 22.8 Å². The van der Waals surface area contributed by atoms with Crippen molar-refractivity contribution in [2.24, 2.45) is 0 Å². The number of hydrogen-bond donors (Lipinski definition) is 1. The number of likely N-dealkylation sites (tertiary alicyclic amines) is 1. The Labute approximate surface area is 121 Å². The molecule has 0 aliphatic carbocycles. The van der Waals surface area contributed by atoms with Crippen LogP contribution in [0.2, 0.25) is 0 Å². The lowest BCUT2D eigenvalue weighted by molar-refractivity contribution is 0.190. The normalized spacial score (nSPS) is 17.4. The first-order valence-corrected chi connectivity index (χ1v) is 7.26. The molecule has 0 bridgehead atoms. The molecule has 1 aliphatic rings. The predicted molar refractivity (Wildman–Crippen MR) is 79.2 cm³/mol. The largest absolute Gasteiger partial charge is 0.329 e. The van der Waals surface area contributed by atoms with Gasteiger partial charge >= 0.3 is 5.69 Å². The Morgan fingerprint density at radius 2 is 2.00 bits per heavy atom. The molecule has 0 saturated carbocycles. The summed E-state index contributed by atoms with van der Waals surface area (Å²) in [7, 11) is 0. The number of aromatic amines is 1. The van der Waals surface area contributed by atoms with E-state index in [2.05, 4.69) is 16.8 Å². The molecule has 0 amide bonds. The van der Waals surface area contributed by atoms with E-state index in [0.29, 0.717) is 5.39 Å². The van der Waals surface area contributed by atoms with Crippen LogP contribution in [0.15, 0.2) is 27.8 Å². The van der Waals surface area contributed by atoms with Crippen molar-refractivity contribution in [3.63, 3.8) is 0 Å². The third kappa shape index (κ3) is 2.51. The maximum Gasteiger partial charge on any atom is 0.329 e. The fraction of sp³-hybridized carbons (Fsp3) is 0.467. The summed E-state index contributed by atoms with van der Waals surface area (Å²) in [5, 5.41) is 0.355. The predicted octanol–water partition coefficient (Wildman–Crippen LogP) is 1.49. The van der Waals surface area contributed by atoms with Crippen LogP contribution < -0.4 is 11.2 Å². The second-order valence-corrected chi connectivity index (χ2v) is 5.46. The highest BCUT2D eigenvalue weighted by Crippen LogP contribution is 2.20. The zero-order chi connectivity index (χ0) is 15.0. The Balaban J connectivity index is 2.05. The minimum absolute atomic E-state index is 0.0847. The smallest absolute Gasteiger partial charge is 0.307 e. The summed E-state index contributed by atoms with van der Waals surface area (Å²) >= 11 is 0. The number of nitrogens with zero attached hydrogens (tertiary/aromatic N) is 2. The molecule has 1 N–H and O–H groups in total. The standard InChI is InChI=1S/C15H18FN3O2/c1-2-18-7-5-11(6-8-18)19-14(20)12-4-3-10(16)9-13(12)17-15(19)21/h3-4,9,11H,2,5-8H2,1H3,(H,17,21). The van der Waals surface area contributed by atoms with Crippen molar-refractivity contribution in [1.29, 1.82) is 0 Å². The summed E-state index contributed by atoms with van der Waals surface area (Å²) in [5.74, 6) is -0.466. The first-order chi connectivity index (χ1) is 10.1. The van der Waals surface area contributed by atoms with E-state index in [-0.39, 0.29) is 17.1 Å². The van der Waals surface area contributed by atoms with Crippen LogP contribution in [0.4, 0.5) is 4.39 Å². The number of fused-ring (bicyclic) bond motifs is 1. The topological polar surface area (TPSA) is 58.1 Å². The fourth-order valence-corrected chi connectivity index (χ4v) is 3.03. The molecule has 0 atom stereocenters. The molecule has 3 rings (SSSR count). The van der Waals surface area contributed by atoms with Crippen molar-refractivity contribution in [3.05, 3.63) is 44.9 Å². The lowest BCUT2D eigenvalue weighted by atomic mass is 10.0. The number of rotatable bonds is 2. The van der Waals surface area contributed by atoms with E-state index >= 15 is 0 Å². The molecule has 5 nitrogen and oxygen atoms in total. The van der Waals surface area contributed by atoms with Crippen molar-refractivity contribution >= 4 is 10.9 Å². The van der Waals surface area contributed by atoms with Gasteiger partial charge in [0.05, 0.1) is 10.9 Å². The van der Waals surface area contributed by atoms with Crippen LogP contribution in [0.1, 0.15) is 25.8 Å². The highest BCUT2D eigenvalue weighted by Gasteiger charge is 2.23. The van der Waals surface area contributed by atoms with Crippen LogP contribution in [0.25, 0.3) is 10.9 Å². The van der Waals surface area contributed by atoms with E-state index < -0.39 is 11.5 Å². The Morgan fingerprint density at radius 3 is 2.67 bits per heavy atom. The molecule has 0 unspecified atom stereocenters. The number of H-pyrrole nitrogens is 1. The molecule has 2 heterocycles. The lowest BCUT2D eigenvalue weighted by Crippen LogP contribution is -2.43. The number of aromatic nitrogens is 2. The second kappa shape index (κ2) is 5.44. The number of hydrogen-bond acceptors (Lipinski definition) is 3. The minimum atomic E-state index is -0.466. The van der Waals surface area contributed by atoms with E-state index in [1.807, 2.05) is 0 Å². The average Bonchev–Trinajstić information content (AvgIpc) is 2.47. The van der Waals surface area contributed by atoms with Crippen molar-refractivity contribution in [3.8, 4) is 0 Å². The molecular weight excluding hydrogens is 273 g/mol. The summed E-state index contributed by atoms with van der Waals surface area (Å²) in [6.45, 7) is 4.85. The van der Waals surface area contributed by atoms with Crippen LogP contribution in [0, 0.1) is 5.82 Å². The molecule has 0 spiro atoms. The van der Waals surface area contributed by atoms with Crippen molar-refractivity contribution in [2.45, 2.75) is 25.8 Å². The Hall–Kier alpha value is -1.95. The van der Waals surface area contributed by atoms with E-state index in [1.54, 1.807) is 0 Å². The third-order valence-corrected chi connectivity index (χ3v) is 4.26. The SMILES string of the molecule is CCN1CCC(n2c(=O)[nH]c3cc(F)ccc3c2=O)CC1. The summed E-state index contributed by atoms with van der Waals surface area (Å²) in [4.78, 5) is 29.6. The molecule has 1 fully saturated rings. The zero-order valence-corrected chi connectivity index (χ0v) is 11.9. The molecular formula is C15H18FN3O2. The highest BCUT2D eigenvalue weighted by atomic mass is 19.1. The van der Waals surface area contributed by atoms with Gasteiger partial charge in [0.15, 0.2) is 0 Å². The number of piperidine rings is 1. The van der Waals surface area contributed by atoms with Gasteiger partial charge in [-0.1, -0.05) is 6.92 Å². The Morgan fingerprint density at radius 1 is 1.29 bits per heavy atom. The van der Waals surface area contributed by atoms with E-state index in [0.717, 1.165) is 32.5 Å². The summed E-state index contributed by atoms with van der Waals surface area (Å²) in [6, 6.07) is 3.77. The number of halogens is 1. The number of benzene rings is 1. The summed E-state index contributed by atoms with van der Waals surface area (Å²) < 4.78 is 14.5. The van der Waals surface area contributed by atoms with Crippen LogP contribution in [0.5, 0.6) is 0 Å². The third-order valence-electron chi connectivity index (χ3n) is 4.26. The molecule has 0 radical (unpaired) electrons. The van der Waals surface area contributed by atoms with Crippen molar-refractivity contribution < 1.29 is 4.39 Å². The number of nitrogens with one attached hydrogen (secondary N) is 1. The van der Waals surface area contributed by atoms with Gasteiger partial charge in [-0.2, -0.15) is 0 Å². The molecule has 2 aromatic rings.